The summed E-state index contributed by atoms with van der Waals surface area (Å²) in [5, 5.41) is 4.71. The van der Waals surface area contributed by atoms with Gasteiger partial charge in [-0.3, -0.25) is 0 Å². The molecule has 0 aromatic heterocycles. The molecule has 0 radical (unpaired) electrons. The van der Waals surface area contributed by atoms with Gasteiger partial charge in [0.1, 0.15) is 0 Å². The van der Waals surface area contributed by atoms with E-state index in [1.54, 1.807) is 0 Å². The van der Waals surface area contributed by atoms with Gasteiger partial charge in [0.05, 0.1) is 0 Å². The Hall–Kier alpha value is -0.120. The molecule has 1 saturated heterocycles. The molecule has 12 heavy (non-hydrogen) atoms. The number of hydrogen-bond donors (Lipinski definition) is 1. The highest BCUT2D eigenvalue weighted by atomic mass is 15.8. The Bertz CT molecular complexity index is 104. The predicted molar refractivity (Wildman–Crippen MR) is 51.5 cm³/mol. The van der Waals surface area contributed by atoms with Crippen molar-refractivity contribution in [1.29, 1.82) is 0 Å². The van der Waals surface area contributed by atoms with Gasteiger partial charge in [-0.05, 0) is 19.3 Å². The van der Waals surface area contributed by atoms with Crippen LogP contribution < -0.4 is 5.43 Å². The molecule has 0 atom stereocenters. The van der Waals surface area contributed by atoms with E-state index in [9.17, 15) is 0 Å². The molecule has 0 aromatic carbocycles. The zero-order valence-corrected chi connectivity index (χ0v) is 8.34. The second-order valence-electron chi connectivity index (χ2n) is 3.34. The first-order valence-corrected chi connectivity index (χ1v) is 5.14. The van der Waals surface area contributed by atoms with Gasteiger partial charge in [0, 0.05) is 26.2 Å². The Morgan fingerprint density at radius 2 is 1.92 bits per heavy atom. The SMILES string of the molecule is CCCN(CCC)N1CCCN1. The van der Waals surface area contributed by atoms with Crippen molar-refractivity contribution in [3.05, 3.63) is 0 Å². The van der Waals surface area contributed by atoms with Gasteiger partial charge in [0.2, 0.25) is 0 Å². The van der Waals surface area contributed by atoms with Gasteiger partial charge < -0.3 is 0 Å². The van der Waals surface area contributed by atoms with Crippen LogP contribution in [-0.2, 0) is 0 Å². The van der Waals surface area contributed by atoms with Gasteiger partial charge in [-0.1, -0.05) is 13.8 Å². The maximum absolute atomic E-state index is 3.39. The summed E-state index contributed by atoms with van der Waals surface area (Å²) in [5.74, 6) is 0. The zero-order valence-electron chi connectivity index (χ0n) is 8.34. The van der Waals surface area contributed by atoms with E-state index >= 15 is 0 Å². The fourth-order valence-corrected chi connectivity index (χ4v) is 1.63. The standard InChI is InChI=1S/C9H21N3/c1-3-7-11(8-4-2)12-9-5-6-10-12/h10H,3-9H2,1-2H3. The van der Waals surface area contributed by atoms with Crippen molar-refractivity contribution in [2.45, 2.75) is 33.1 Å². The van der Waals surface area contributed by atoms with Crippen LogP contribution in [0.5, 0.6) is 0 Å². The molecule has 3 nitrogen and oxygen atoms in total. The van der Waals surface area contributed by atoms with E-state index in [0.717, 1.165) is 6.54 Å². The molecule has 1 aliphatic rings. The highest BCUT2D eigenvalue weighted by Gasteiger charge is 2.16. The summed E-state index contributed by atoms with van der Waals surface area (Å²) in [6.07, 6.45) is 3.75. The average molecular weight is 171 g/mol. The van der Waals surface area contributed by atoms with Crippen molar-refractivity contribution < 1.29 is 0 Å². The summed E-state index contributed by atoms with van der Waals surface area (Å²) in [6, 6.07) is 0. The second-order valence-corrected chi connectivity index (χ2v) is 3.34. The second kappa shape index (κ2) is 5.51. The van der Waals surface area contributed by atoms with Gasteiger partial charge in [-0.2, -0.15) is 5.12 Å². The highest BCUT2D eigenvalue weighted by molar-refractivity contribution is 4.61. The lowest BCUT2D eigenvalue weighted by Gasteiger charge is -2.30. The Kier molecular flexibility index (Phi) is 4.58. The van der Waals surface area contributed by atoms with Gasteiger partial charge >= 0.3 is 0 Å². The first-order chi connectivity index (χ1) is 5.88. The minimum atomic E-state index is 1.14. The van der Waals surface area contributed by atoms with Gasteiger partial charge in [0.15, 0.2) is 0 Å². The largest absolute Gasteiger partial charge is 0.241 e. The molecule has 1 heterocycles. The lowest BCUT2D eigenvalue weighted by atomic mass is 10.4. The first kappa shape index (κ1) is 9.96. The molecule has 0 aromatic rings. The van der Waals surface area contributed by atoms with Gasteiger partial charge in [-0.25, -0.2) is 10.4 Å². The summed E-state index contributed by atoms with van der Waals surface area (Å²) in [6.45, 7) is 9.16. The average Bonchev–Trinajstić information content (AvgIpc) is 2.56. The Morgan fingerprint density at radius 3 is 2.33 bits per heavy atom. The molecule has 0 spiro atoms. The molecule has 0 amide bonds. The molecule has 1 rings (SSSR count). The molecule has 1 N–H and O–H groups in total. The van der Waals surface area contributed by atoms with Crippen LogP contribution in [0.1, 0.15) is 33.1 Å². The third-order valence-electron chi connectivity index (χ3n) is 2.15. The van der Waals surface area contributed by atoms with Crippen LogP contribution in [0, 0.1) is 0 Å². The van der Waals surface area contributed by atoms with E-state index < -0.39 is 0 Å². The summed E-state index contributed by atoms with van der Waals surface area (Å²) >= 11 is 0. The summed E-state index contributed by atoms with van der Waals surface area (Å²) in [5.41, 5.74) is 3.39. The van der Waals surface area contributed by atoms with Crippen molar-refractivity contribution in [2.75, 3.05) is 26.2 Å². The van der Waals surface area contributed by atoms with Crippen molar-refractivity contribution in [3.8, 4) is 0 Å². The van der Waals surface area contributed by atoms with Crippen LogP contribution >= 0.6 is 0 Å². The minimum absolute atomic E-state index is 1.14. The van der Waals surface area contributed by atoms with Crippen LogP contribution in [0.2, 0.25) is 0 Å². The number of rotatable bonds is 5. The number of nitrogens with one attached hydrogen (secondary N) is 1. The van der Waals surface area contributed by atoms with Crippen molar-refractivity contribution in [3.63, 3.8) is 0 Å². The maximum Gasteiger partial charge on any atom is 0.0303 e. The number of nitrogens with zero attached hydrogens (tertiary/aromatic N) is 2. The fraction of sp³-hybridized carbons (Fsp3) is 1.00. The van der Waals surface area contributed by atoms with E-state index in [1.165, 1.54) is 38.9 Å². The Labute approximate surface area is 75.7 Å². The van der Waals surface area contributed by atoms with Crippen molar-refractivity contribution in [2.24, 2.45) is 0 Å². The van der Waals surface area contributed by atoms with E-state index in [4.69, 9.17) is 0 Å². The lowest BCUT2D eigenvalue weighted by molar-refractivity contribution is -0.0439. The molecular weight excluding hydrogens is 150 g/mol. The number of hydrogen-bond acceptors (Lipinski definition) is 3. The van der Waals surface area contributed by atoms with Gasteiger partial charge in [-0.15, -0.1) is 0 Å². The third kappa shape index (κ3) is 2.73. The topological polar surface area (TPSA) is 18.5 Å². The van der Waals surface area contributed by atoms with E-state index in [1.807, 2.05) is 0 Å². The Morgan fingerprint density at radius 1 is 1.25 bits per heavy atom. The van der Waals surface area contributed by atoms with E-state index in [-0.39, 0.29) is 0 Å². The van der Waals surface area contributed by atoms with Crippen LogP contribution in [0.3, 0.4) is 0 Å². The summed E-state index contributed by atoms with van der Waals surface area (Å²) < 4.78 is 0. The third-order valence-corrected chi connectivity index (χ3v) is 2.15. The van der Waals surface area contributed by atoms with Crippen LogP contribution in [0.25, 0.3) is 0 Å². The van der Waals surface area contributed by atoms with Crippen LogP contribution in [0.4, 0.5) is 0 Å². The van der Waals surface area contributed by atoms with E-state index in [2.05, 4.69) is 29.4 Å². The quantitative estimate of drug-likeness (QED) is 0.671. The summed E-state index contributed by atoms with van der Waals surface area (Å²) in [4.78, 5) is 0. The molecule has 0 bridgehead atoms. The molecule has 0 unspecified atom stereocenters. The van der Waals surface area contributed by atoms with E-state index in [0.29, 0.717) is 0 Å². The fourth-order valence-electron chi connectivity index (χ4n) is 1.63. The maximum atomic E-state index is 3.39. The normalized spacial score (nSPS) is 19.2. The number of hydrazine groups is 2. The highest BCUT2D eigenvalue weighted by Crippen LogP contribution is 2.03. The van der Waals surface area contributed by atoms with Gasteiger partial charge in [0.25, 0.3) is 0 Å². The van der Waals surface area contributed by atoms with Crippen LogP contribution in [0.15, 0.2) is 0 Å². The Balaban J connectivity index is 2.29. The van der Waals surface area contributed by atoms with Crippen molar-refractivity contribution in [1.82, 2.24) is 15.6 Å². The molecule has 3 heteroatoms. The lowest BCUT2D eigenvalue weighted by Crippen LogP contribution is -2.47. The molecule has 0 aliphatic carbocycles. The molecule has 0 saturated carbocycles. The monoisotopic (exact) mass is 171 g/mol. The minimum Gasteiger partial charge on any atom is -0.241 e. The zero-order chi connectivity index (χ0) is 8.81. The molecule has 72 valence electrons. The summed E-state index contributed by atoms with van der Waals surface area (Å²) in [7, 11) is 0. The molecule has 1 fully saturated rings. The predicted octanol–water partition coefficient (Wildman–Crippen LogP) is 1.23. The van der Waals surface area contributed by atoms with Crippen molar-refractivity contribution >= 4 is 0 Å². The molecule has 1 aliphatic heterocycles. The molecular formula is C9H21N3. The first-order valence-electron chi connectivity index (χ1n) is 5.14. The smallest absolute Gasteiger partial charge is 0.0303 e. The van der Waals surface area contributed by atoms with Crippen LogP contribution in [-0.4, -0.2) is 36.3 Å².